The van der Waals surface area contributed by atoms with E-state index in [1.165, 1.54) is 38.9 Å². The standard InChI is InChI=1S/C24H37N3O2/c1-4-18(2)24(29)23-17-21(5-6-22(23)19(3)28)27-15-13-26(14-16-27)12-9-20-7-10-25-11-8-20/h5-6,17-18,20,25H,4,7-16H2,1-3H3. The fourth-order valence-corrected chi connectivity index (χ4v) is 4.46. The summed E-state index contributed by atoms with van der Waals surface area (Å²) in [5.74, 6) is 0.865. The van der Waals surface area contributed by atoms with Crippen LogP contribution in [0, 0.1) is 11.8 Å². The molecule has 0 bridgehead atoms. The molecule has 0 aromatic heterocycles. The number of piperidine rings is 1. The fraction of sp³-hybridized carbons (Fsp3) is 0.667. The van der Waals surface area contributed by atoms with E-state index < -0.39 is 0 Å². The first-order valence-corrected chi connectivity index (χ1v) is 11.4. The molecule has 1 aromatic rings. The van der Waals surface area contributed by atoms with E-state index in [9.17, 15) is 9.59 Å². The van der Waals surface area contributed by atoms with E-state index >= 15 is 0 Å². The van der Waals surface area contributed by atoms with E-state index in [4.69, 9.17) is 0 Å². The van der Waals surface area contributed by atoms with Crippen molar-refractivity contribution >= 4 is 17.3 Å². The number of carbonyl (C=O) groups is 2. The summed E-state index contributed by atoms with van der Waals surface area (Å²) in [6.45, 7) is 13.1. The van der Waals surface area contributed by atoms with E-state index in [0.717, 1.165) is 44.2 Å². The van der Waals surface area contributed by atoms with Gasteiger partial charge in [0.15, 0.2) is 11.6 Å². The Balaban J connectivity index is 1.61. The second-order valence-electron chi connectivity index (χ2n) is 8.77. The lowest BCUT2D eigenvalue weighted by Gasteiger charge is -2.37. The molecule has 1 unspecified atom stereocenters. The molecule has 0 spiro atoms. The molecule has 1 N–H and O–H groups in total. The van der Waals surface area contributed by atoms with Gasteiger partial charge in [-0.1, -0.05) is 13.8 Å². The van der Waals surface area contributed by atoms with Crippen LogP contribution in [0.4, 0.5) is 5.69 Å². The quantitative estimate of drug-likeness (QED) is 0.677. The second-order valence-corrected chi connectivity index (χ2v) is 8.77. The first-order valence-electron chi connectivity index (χ1n) is 11.4. The van der Waals surface area contributed by atoms with Gasteiger partial charge in [-0.15, -0.1) is 0 Å². The third-order valence-electron chi connectivity index (χ3n) is 6.76. The van der Waals surface area contributed by atoms with Crippen molar-refractivity contribution in [2.75, 3.05) is 50.7 Å². The number of benzene rings is 1. The first kappa shape index (κ1) is 22.0. The van der Waals surface area contributed by atoms with Crippen LogP contribution >= 0.6 is 0 Å². The SMILES string of the molecule is CCC(C)C(=O)c1cc(N2CCN(CCC3CCNCC3)CC2)ccc1C(C)=O. The van der Waals surface area contributed by atoms with Crippen molar-refractivity contribution in [3.63, 3.8) is 0 Å². The molecular formula is C24H37N3O2. The van der Waals surface area contributed by atoms with Gasteiger partial charge in [0.25, 0.3) is 0 Å². The Bertz CT molecular complexity index is 704. The molecule has 2 aliphatic rings. The summed E-state index contributed by atoms with van der Waals surface area (Å²) in [5.41, 5.74) is 2.22. The zero-order valence-electron chi connectivity index (χ0n) is 18.4. The number of hydrogen-bond donors (Lipinski definition) is 1. The molecular weight excluding hydrogens is 362 g/mol. The highest BCUT2D eigenvalue weighted by molar-refractivity contribution is 6.09. The van der Waals surface area contributed by atoms with Crippen LogP contribution in [0.5, 0.6) is 0 Å². The van der Waals surface area contributed by atoms with Gasteiger partial charge >= 0.3 is 0 Å². The molecule has 0 amide bonds. The molecule has 2 saturated heterocycles. The number of anilines is 1. The third kappa shape index (κ3) is 5.67. The number of nitrogens with one attached hydrogen (secondary N) is 1. The average molecular weight is 400 g/mol. The van der Waals surface area contributed by atoms with Crippen LogP contribution in [0.3, 0.4) is 0 Å². The summed E-state index contributed by atoms with van der Waals surface area (Å²) in [6, 6.07) is 5.81. The second kappa shape index (κ2) is 10.4. The van der Waals surface area contributed by atoms with Crippen LogP contribution in [0.25, 0.3) is 0 Å². The van der Waals surface area contributed by atoms with Gasteiger partial charge in [-0.05, 0) is 76.4 Å². The highest BCUT2D eigenvalue weighted by Crippen LogP contribution is 2.25. The third-order valence-corrected chi connectivity index (χ3v) is 6.76. The summed E-state index contributed by atoms with van der Waals surface area (Å²) in [6.07, 6.45) is 4.73. The van der Waals surface area contributed by atoms with Crippen molar-refractivity contribution in [3.8, 4) is 0 Å². The van der Waals surface area contributed by atoms with Crippen molar-refractivity contribution < 1.29 is 9.59 Å². The van der Waals surface area contributed by atoms with Gasteiger partial charge in [0.05, 0.1) is 0 Å². The van der Waals surface area contributed by atoms with Gasteiger partial charge in [-0.25, -0.2) is 0 Å². The maximum Gasteiger partial charge on any atom is 0.166 e. The van der Waals surface area contributed by atoms with E-state index in [1.54, 1.807) is 6.92 Å². The van der Waals surface area contributed by atoms with Crippen molar-refractivity contribution in [1.29, 1.82) is 0 Å². The van der Waals surface area contributed by atoms with E-state index in [0.29, 0.717) is 11.1 Å². The summed E-state index contributed by atoms with van der Waals surface area (Å²) in [4.78, 5) is 29.8. The molecule has 5 nitrogen and oxygen atoms in total. The van der Waals surface area contributed by atoms with E-state index in [1.807, 2.05) is 32.0 Å². The number of piperazine rings is 1. The Morgan fingerprint density at radius 1 is 1.10 bits per heavy atom. The van der Waals surface area contributed by atoms with Crippen LogP contribution in [0.1, 0.15) is 67.2 Å². The molecule has 5 heteroatoms. The van der Waals surface area contributed by atoms with Crippen LogP contribution in [0.15, 0.2) is 18.2 Å². The fourth-order valence-electron chi connectivity index (χ4n) is 4.46. The van der Waals surface area contributed by atoms with Crippen molar-refractivity contribution in [3.05, 3.63) is 29.3 Å². The van der Waals surface area contributed by atoms with E-state index in [-0.39, 0.29) is 17.5 Å². The molecule has 160 valence electrons. The minimum absolute atomic E-state index is 0.0362. The number of Topliss-reactive ketones (excluding diaryl/α,β-unsaturated/α-hetero) is 2. The molecule has 1 aromatic carbocycles. The molecule has 3 rings (SSSR count). The summed E-state index contributed by atoms with van der Waals surface area (Å²) in [5, 5.41) is 3.45. The smallest absolute Gasteiger partial charge is 0.166 e. The Labute approximate surface area is 175 Å². The van der Waals surface area contributed by atoms with Gasteiger partial charge in [0.1, 0.15) is 0 Å². The zero-order chi connectivity index (χ0) is 20.8. The van der Waals surface area contributed by atoms with Gasteiger partial charge in [0, 0.05) is 48.9 Å². The number of ketones is 2. The number of nitrogens with zero attached hydrogens (tertiary/aromatic N) is 2. The van der Waals surface area contributed by atoms with Crippen molar-refractivity contribution in [1.82, 2.24) is 10.2 Å². The maximum absolute atomic E-state index is 12.8. The highest BCUT2D eigenvalue weighted by atomic mass is 16.1. The Morgan fingerprint density at radius 3 is 2.41 bits per heavy atom. The summed E-state index contributed by atoms with van der Waals surface area (Å²) >= 11 is 0. The lowest BCUT2D eigenvalue weighted by atomic mass is 9.91. The molecule has 0 radical (unpaired) electrons. The average Bonchev–Trinajstić information content (AvgIpc) is 2.77. The summed E-state index contributed by atoms with van der Waals surface area (Å²) < 4.78 is 0. The lowest BCUT2D eigenvalue weighted by Crippen LogP contribution is -2.47. The number of rotatable bonds is 8. The van der Waals surface area contributed by atoms with Crippen LogP contribution < -0.4 is 10.2 Å². The van der Waals surface area contributed by atoms with Gasteiger partial charge in [-0.3, -0.25) is 14.5 Å². The normalized spacial score (nSPS) is 19.9. The van der Waals surface area contributed by atoms with E-state index in [2.05, 4.69) is 15.1 Å². The molecule has 0 saturated carbocycles. The summed E-state index contributed by atoms with van der Waals surface area (Å²) in [7, 11) is 0. The molecule has 29 heavy (non-hydrogen) atoms. The Hall–Kier alpha value is -1.72. The first-order chi connectivity index (χ1) is 14.0. The van der Waals surface area contributed by atoms with Crippen LogP contribution in [-0.4, -0.2) is 62.3 Å². The van der Waals surface area contributed by atoms with Crippen molar-refractivity contribution in [2.24, 2.45) is 11.8 Å². The lowest BCUT2D eigenvalue weighted by molar-refractivity contribution is 0.0916. The highest BCUT2D eigenvalue weighted by Gasteiger charge is 2.23. The monoisotopic (exact) mass is 399 g/mol. The minimum Gasteiger partial charge on any atom is -0.369 e. The largest absolute Gasteiger partial charge is 0.369 e. The van der Waals surface area contributed by atoms with Gasteiger partial charge in [0.2, 0.25) is 0 Å². The molecule has 1 atom stereocenters. The maximum atomic E-state index is 12.8. The number of carbonyl (C=O) groups excluding carboxylic acids is 2. The molecule has 2 heterocycles. The number of hydrogen-bond acceptors (Lipinski definition) is 5. The Kier molecular flexibility index (Phi) is 7.84. The topological polar surface area (TPSA) is 52.7 Å². The molecule has 2 fully saturated rings. The van der Waals surface area contributed by atoms with Gasteiger partial charge < -0.3 is 10.2 Å². The Morgan fingerprint density at radius 2 is 1.79 bits per heavy atom. The van der Waals surface area contributed by atoms with Crippen LogP contribution in [0.2, 0.25) is 0 Å². The van der Waals surface area contributed by atoms with Crippen LogP contribution in [-0.2, 0) is 0 Å². The van der Waals surface area contributed by atoms with Crippen molar-refractivity contribution in [2.45, 2.75) is 46.5 Å². The minimum atomic E-state index is -0.0600. The molecule has 2 aliphatic heterocycles. The van der Waals surface area contributed by atoms with Gasteiger partial charge in [-0.2, -0.15) is 0 Å². The molecule has 0 aliphatic carbocycles. The predicted molar refractivity (Wildman–Crippen MR) is 119 cm³/mol. The predicted octanol–water partition coefficient (Wildman–Crippen LogP) is 3.63. The zero-order valence-corrected chi connectivity index (χ0v) is 18.4.